The minimum Gasteiger partial charge on any atom is -0.496 e. The number of rotatable bonds is 14. The molecule has 12 heteroatoms. The molecule has 2 N–H and O–H groups in total. The van der Waals surface area contributed by atoms with Crippen molar-refractivity contribution in [1.82, 2.24) is 20.4 Å². The van der Waals surface area contributed by atoms with Crippen molar-refractivity contribution in [2.75, 3.05) is 24.4 Å². The molecule has 10 nitrogen and oxygen atoms in total. The fourth-order valence-electron chi connectivity index (χ4n) is 3.83. The second-order valence-corrected chi connectivity index (χ2v) is 10.6. The first-order valence-electron chi connectivity index (χ1n) is 12.6. The predicted molar refractivity (Wildman–Crippen MR) is 152 cm³/mol. The van der Waals surface area contributed by atoms with E-state index in [0.717, 1.165) is 46.8 Å². The highest BCUT2D eigenvalue weighted by atomic mass is 32.1. The fourth-order valence-corrected chi connectivity index (χ4v) is 5.43. The van der Waals surface area contributed by atoms with Crippen molar-refractivity contribution in [2.24, 2.45) is 0 Å². The summed E-state index contributed by atoms with van der Waals surface area (Å²) in [6.07, 6.45) is 3.68. The first-order chi connectivity index (χ1) is 19.0. The Labute approximate surface area is 234 Å². The third kappa shape index (κ3) is 8.55. The van der Waals surface area contributed by atoms with Gasteiger partial charge in [-0.15, -0.1) is 20.4 Å². The molecule has 0 bridgehead atoms. The van der Waals surface area contributed by atoms with Crippen LogP contribution in [0.2, 0.25) is 0 Å². The lowest BCUT2D eigenvalue weighted by Crippen LogP contribution is -2.15. The number of anilines is 2. The van der Waals surface area contributed by atoms with E-state index in [4.69, 9.17) is 9.47 Å². The summed E-state index contributed by atoms with van der Waals surface area (Å²) in [5, 5.41) is 24.9. The third-order valence-corrected chi connectivity index (χ3v) is 7.42. The molecule has 4 rings (SSSR count). The van der Waals surface area contributed by atoms with Crippen LogP contribution in [0.5, 0.6) is 11.5 Å². The van der Waals surface area contributed by atoms with Gasteiger partial charge in [0, 0.05) is 24.0 Å². The number of unbranched alkanes of at least 4 members (excludes halogenated alkanes) is 1. The molecular weight excluding hydrogens is 536 g/mol. The van der Waals surface area contributed by atoms with Crippen LogP contribution in [0.25, 0.3) is 0 Å². The largest absolute Gasteiger partial charge is 0.496 e. The number of para-hydroxylation sites is 2. The van der Waals surface area contributed by atoms with Gasteiger partial charge in [0.2, 0.25) is 22.1 Å². The van der Waals surface area contributed by atoms with Gasteiger partial charge in [-0.05, 0) is 31.9 Å². The maximum atomic E-state index is 12.5. The molecule has 2 amide bonds. The van der Waals surface area contributed by atoms with E-state index in [1.807, 2.05) is 55.5 Å². The van der Waals surface area contributed by atoms with E-state index in [0.29, 0.717) is 28.4 Å². The Hall–Kier alpha value is -3.90. The van der Waals surface area contributed by atoms with E-state index >= 15 is 0 Å². The summed E-state index contributed by atoms with van der Waals surface area (Å²) in [6, 6.07) is 14.9. The molecule has 39 heavy (non-hydrogen) atoms. The number of hydrogen-bond donors (Lipinski definition) is 2. The zero-order valence-electron chi connectivity index (χ0n) is 21.8. The first kappa shape index (κ1) is 28.1. The predicted octanol–water partition coefficient (Wildman–Crippen LogP) is 4.72. The van der Waals surface area contributed by atoms with Crippen molar-refractivity contribution in [3.8, 4) is 11.5 Å². The minimum absolute atomic E-state index is 0.160. The molecular formula is C27H30N6O4S2. The SMILES string of the molecule is CCOc1ccccc1CC(=O)Nc1nnc(CCCCc2nnc(NC(=O)Cc3ccccc3OC)s2)s1. The molecule has 0 aliphatic rings. The molecule has 2 aromatic carbocycles. The average Bonchev–Trinajstić information content (AvgIpc) is 3.57. The van der Waals surface area contributed by atoms with E-state index in [-0.39, 0.29) is 24.7 Å². The lowest BCUT2D eigenvalue weighted by Gasteiger charge is -2.09. The zero-order chi connectivity index (χ0) is 27.5. The Morgan fingerprint density at radius 3 is 1.74 bits per heavy atom. The van der Waals surface area contributed by atoms with Crippen LogP contribution in [0.4, 0.5) is 10.3 Å². The monoisotopic (exact) mass is 566 g/mol. The quantitative estimate of drug-likeness (QED) is 0.210. The van der Waals surface area contributed by atoms with Crippen LogP contribution in [0, 0.1) is 0 Å². The molecule has 2 aromatic heterocycles. The molecule has 0 radical (unpaired) electrons. The van der Waals surface area contributed by atoms with Gasteiger partial charge in [-0.25, -0.2) is 0 Å². The summed E-state index contributed by atoms with van der Waals surface area (Å²) in [7, 11) is 1.58. The summed E-state index contributed by atoms with van der Waals surface area (Å²) in [5.74, 6) is 1.07. The Kier molecular flexibility index (Phi) is 10.3. The number of aryl methyl sites for hydroxylation is 2. The number of nitrogens with one attached hydrogen (secondary N) is 2. The number of benzene rings is 2. The van der Waals surface area contributed by atoms with E-state index < -0.39 is 0 Å². The van der Waals surface area contributed by atoms with E-state index in [1.54, 1.807) is 7.11 Å². The van der Waals surface area contributed by atoms with E-state index in [2.05, 4.69) is 31.0 Å². The summed E-state index contributed by atoms with van der Waals surface area (Å²) < 4.78 is 10.9. The van der Waals surface area contributed by atoms with Gasteiger partial charge in [0.15, 0.2) is 0 Å². The number of amides is 2. The Bertz CT molecular complexity index is 1390. The smallest absolute Gasteiger partial charge is 0.230 e. The van der Waals surface area contributed by atoms with Crippen molar-refractivity contribution in [3.05, 3.63) is 69.7 Å². The van der Waals surface area contributed by atoms with Crippen LogP contribution in [-0.2, 0) is 35.3 Å². The molecule has 204 valence electrons. The van der Waals surface area contributed by atoms with Gasteiger partial charge < -0.3 is 20.1 Å². The van der Waals surface area contributed by atoms with Crippen LogP contribution >= 0.6 is 22.7 Å². The van der Waals surface area contributed by atoms with Gasteiger partial charge in [0.25, 0.3) is 0 Å². The van der Waals surface area contributed by atoms with Gasteiger partial charge in [0.1, 0.15) is 21.5 Å². The highest BCUT2D eigenvalue weighted by molar-refractivity contribution is 7.15. The van der Waals surface area contributed by atoms with Crippen LogP contribution < -0.4 is 20.1 Å². The van der Waals surface area contributed by atoms with Gasteiger partial charge >= 0.3 is 0 Å². The lowest BCUT2D eigenvalue weighted by molar-refractivity contribution is -0.116. The van der Waals surface area contributed by atoms with Crippen LogP contribution in [0.3, 0.4) is 0 Å². The van der Waals surface area contributed by atoms with Crippen LogP contribution in [-0.4, -0.2) is 45.9 Å². The van der Waals surface area contributed by atoms with Gasteiger partial charge in [-0.2, -0.15) is 0 Å². The maximum Gasteiger partial charge on any atom is 0.230 e. The molecule has 0 saturated heterocycles. The molecule has 0 aliphatic heterocycles. The number of carbonyl (C=O) groups excluding carboxylic acids is 2. The summed E-state index contributed by atoms with van der Waals surface area (Å²) in [5.41, 5.74) is 1.64. The molecule has 0 fully saturated rings. The normalized spacial score (nSPS) is 10.7. The highest BCUT2D eigenvalue weighted by Crippen LogP contribution is 2.23. The Balaban J connectivity index is 1.17. The maximum absolute atomic E-state index is 12.5. The Morgan fingerprint density at radius 1 is 0.744 bits per heavy atom. The average molecular weight is 567 g/mol. The van der Waals surface area contributed by atoms with Crippen LogP contribution in [0.15, 0.2) is 48.5 Å². The van der Waals surface area contributed by atoms with Crippen molar-refractivity contribution < 1.29 is 19.1 Å². The minimum atomic E-state index is -0.167. The summed E-state index contributed by atoms with van der Waals surface area (Å²) >= 11 is 2.76. The van der Waals surface area contributed by atoms with Gasteiger partial charge in [0.05, 0.1) is 26.6 Å². The molecule has 4 aromatic rings. The van der Waals surface area contributed by atoms with Gasteiger partial charge in [-0.3, -0.25) is 9.59 Å². The molecule has 2 heterocycles. The number of carbonyl (C=O) groups is 2. The van der Waals surface area contributed by atoms with E-state index in [1.165, 1.54) is 22.7 Å². The second-order valence-electron chi connectivity index (χ2n) is 8.51. The third-order valence-electron chi connectivity index (χ3n) is 5.62. The molecule has 0 spiro atoms. The zero-order valence-corrected chi connectivity index (χ0v) is 23.4. The first-order valence-corrected chi connectivity index (χ1v) is 14.2. The standard InChI is InChI=1S/C27H30N6O4S2/c1-3-37-21-13-7-5-11-19(21)17-23(35)29-27-33-31-25(39-27)15-9-8-14-24-30-32-26(38-24)28-22(34)16-18-10-4-6-12-20(18)36-2/h4-7,10-13H,3,8-9,14-17H2,1-2H3,(H,28,32,34)(H,29,33,35). The van der Waals surface area contributed by atoms with Gasteiger partial charge in [-0.1, -0.05) is 59.1 Å². The summed E-state index contributed by atoms with van der Waals surface area (Å²) in [4.78, 5) is 24.9. The van der Waals surface area contributed by atoms with Crippen molar-refractivity contribution in [3.63, 3.8) is 0 Å². The van der Waals surface area contributed by atoms with Crippen molar-refractivity contribution >= 4 is 44.8 Å². The van der Waals surface area contributed by atoms with Crippen LogP contribution in [0.1, 0.15) is 40.9 Å². The Morgan fingerprint density at radius 2 is 1.23 bits per heavy atom. The number of methoxy groups -OCH3 is 1. The fraction of sp³-hybridized carbons (Fsp3) is 0.333. The van der Waals surface area contributed by atoms with Crippen molar-refractivity contribution in [2.45, 2.75) is 45.4 Å². The highest BCUT2D eigenvalue weighted by Gasteiger charge is 2.13. The van der Waals surface area contributed by atoms with E-state index in [9.17, 15) is 9.59 Å². The summed E-state index contributed by atoms with van der Waals surface area (Å²) in [6.45, 7) is 2.45. The topological polar surface area (TPSA) is 128 Å². The number of hydrogen-bond acceptors (Lipinski definition) is 10. The lowest BCUT2D eigenvalue weighted by atomic mass is 10.1. The molecule has 0 unspecified atom stereocenters. The van der Waals surface area contributed by atoms with Crippen molar-refractivity contribution in [1.29, 1.82) is 0 Å². The number of nitrogens with zero attached hydrogens (tertiary/aromatic N) is 4. The molecule has 0 aliphatic carbocycles. The molecule has 0 atom stereocenters. The molecule has 0 saturated carbocycles. The number of aromatic nitrogens is 4. The second kappa shape index (κ2) is 14.3. The number of ether oxygens (including phenoxy) is 2.